The van der Waals surface area contributed by atoms with Crippen LogP contribution in [0.25, 0.3) is 0 Å². The van der Waals surface area contributed by atoms with E-state index in [-0.39, 0.29) is 5.91 Å². The van der Waals surface area contributed by atoms with Crippen LogP contribution >= 0.6 is 27.7 Å². The fraction of sp³-hybridized carbons (Fsp3) is 0.350. The molecule has 0 aromatic heterocycles. The molecule has 2 aromatic carbocycles. The number of carbonyl (C=O) groups excluding carboxylic acids is 1. The van der Waals surface area contributed by atoms with Gasteiger partial charge in [0.05, 0.1) is 5.54 Å². The number of benzene rings is 2. The molecule has 3 nitrogen and oxygen atoms in total. The SMILES string of the molecule is CSc1ccc(CN2CCC2(C)C(=O)Nc2cccc(Br)c2C)cc1. The summed E-state index contributed by atoms with van der Waals surface area (Å²) in [7, 11) is 0. The van der Waals surface area contributed by atoms with Crippen LogP contribution in [0.4, 0.5) is 5.69 Å². The first-order valence-electron chi connectivity index (χ1n) is 8.38. The van der Waals surface area contributed by atoms with Crippen molar-refractivity contribution in [2.45, 2.75) is 37.2 Å². The van der Waals surface area contributed by atoms with Gasteiger partial charge in [-0.2, -0.15) is 0 Å². The Morgan fingerprint density at radius 1 is 1.28 bits per heavy atom. The Hall–Kier alpha value is -1.30. The molecule has 0 aliphatic carbocycles. The molecule has 0 bridgehead atoms. The first-order chi connectivity index (χ1) is 11.9. The molecule has 132 valence electrons. The average Bonchev–Trinajstić information content (AvgIpc) is 2.62. The monoisotopic (exact) mass is 418 g/mol. The lowest BCUT2D eigenvalue weighted by Crippen LogP contribution is -2.63. The predicted octanol–water partition coefficient (Wildman–Crippen LogP) is 5.08. The minimum absolute atomic E-state index is 0.0701. The molecule has 1 aliphatic heterocycles. The molecule has 1 atom stereocenters. The van der Waals surface area contributed by atoms with Gasteiger partial charge in [0, 0.05) is 28.1 Å². The number of hydrogen-bond donors (Lipinski definition) is 1. The van der Waals surface area contributed by atoms with Gasteiger partial charge in [0.2, 0.25) is 5.91 Å². The van der Waals surface area contributed by atoms with E-state index in [1.54, 1.807) is 11.8 Å². The van der Waals surface area contributed by atoms with E-state index < -0.39 is 5.54 Å². The van der Waals surface area contributed by atoms with Crippen molar-refractivity contribution in [1.29, 1.82) is 0 Å². The van der Waals surface area contributed by atoms with Crippen LogP contribution in [0.3, 0.4) is 0 Å². The van der Waals surface area contributed by atoms with Crippen molar-refractivity contribution < 1.29 is 4.79 Å². The molecule has 25 heavy (non-hydrogen) atoms. The number of rotatable bonds is 5. The summed E-state index contributed by atoms with van der Waals surface area (Å²) < 4.78 is 1.01. The minimum atomic E-state index is -0.451. The molecule has 1 amide bonds. The number of amides is 1. The van der Waals surface area contributed by atoms with Gasteiger partial charge in [-0.1, -0.05) is 34.1 Å². The summed E-state index contributed by atoms with van der Waals surface area (Å²) in [5.41, 5.74) is 2.72. The summed E-state index contributed by atoms with van der Waals surface area (Å²) in [5.74, 6) is 0.0701. The van der Waals surface area contributed by atoms with Crippen molar-refractivity contribution in [2.24, 2.45) is 0 Å². The first-order valence-corrected chi connectivity index (χ1v) is 10.4. The Kier molecular flexibility index (Phi) is 5.56. The van der Waals surface area contributed by atoms with E-state index in [2.05, 4.69) is 56.7 Å². The third-order valence-electron chi connectivity index (χ3n) is 5.10. The number of likely N-dealkylation sites (tertiary alicyclic amines) is 1. The van der Waals surface area contributed by atoms with E-state index in [1.807, 2.05) is 32.0 Å². The van der Waals surface area contributed by atoms with E-state index in [1.165, 1.54) is 10.5 Å². The molecule has 1 saturated heterocycles. The Balaban J connectivity index is 1.69. The highest BCUT2D eigenvalue weighted by Crippen LogP contribution is 2.34. The van der Waals surface area contributed by atoms with E-state index in [4.69, 9.17) is 0 Å². The molecular formula is C20H23BrN2OS. The fourth-order valence-electron chi connectivity index (χ4n) is 3.07. The van der Waals surface area contributed by atoms with E-state index in [0.717, 1.165) is 35.2 Å². The van der Waals surface area contributed by atoms with Crippen molar-refractivity contribution in [1.82, 2.24) is 4.90 Å². The smallest absolute Gasteiger partial charge is 0.244 e. The molecular weight excluding hydrogens is 396 g/mol. The Morgan fingerprint density at radius 3 is 2.60 bits per heavy atom. The highest BCUT2D eigenvalue weighted by molar-refractivity contribution is 9.10. The van der Waals surface area contributed by atoms with Gasteiger partial charge < -0.3 is 5.32 Å². The van der Waals surface area contributed by atoms with Gasteiger partial charge in [0.15, 0.2) is 0 Å². The molecule has 0 radical (unpaired) electrons. The summed E-state index contributed by atoms with van der Waals surface area (Å²) >= 11 is 5.26. The highest BCUT2D eigenvalue weighted by Gasteiger charge is 2.46. The van der Waals surface area contributed by atoms with Crippen LogP contribution in [0.5, 0.6) is 0 Å². The zero-order chi connectivity index (χ0) is 18.0. The summed E-state index contributed by atoms with van der Waals surface area (Å²) in [5, 5.41) is 3.11. The fourth-order valence-corrected chi connectivity index (χ4v) is 3.84. The zero-order valence-electron chi connectivity index (χ0n) is 14.8. The standard InChI is InChI=1S/C20H23BrN2OS/c1-14-17(21)5-4-6-18(14)22-19(24)20(2)11-12-23(20)13-15-7-9-16(25-3)10-8-15/h4-10H,11-13H2,1-3H3,(H,22,24). The van der Waals surface area contributed by atoms with Crippen LogP contribution in [0.2, 0.25) is 0 Å². The molecule has 3 rings (SSSR count). The van der Waals surface area contributed by atoms with Crippen molar-refractivity contribution >= 4 is 39.3 Å². The van der Waals surface area contributed by atoms with Crippen molar-refractivity contribution in [2.75, 3.05) is 18.1 Å². The van der Waals surface area contributed by atoms with Crippen LogP contribution in [0, 0.1) is 6.92 Å². The number of thioether (sulfide) groups is 1. The average molecular weight is 419 g/mol. The van der Waals surface area contributed by atoms with Gasteiger partial charge in [0.1, 0.15) is 0 Å². The second kappa shape index (κ2) is 7.52. The highest BCUT2D eigenvalue weighted by atomic mass is 79.9. The van der Waals surface area contributed by atoms with Gasteiger partial charge in [-0.05, 0) is 61.9 Å². The summed E-state index contributed by atoms with van der Waals surface area (Å²) in [6.45, 7) is 5.80. The van der Waals surface area contributed by atoms with Gasteiger partial charge in [0.25, 0.3) is 0 Å². The topological polar surface area (TPSA) is 32.3 Å². The molecule has 1 unspecified atom stereocenters. The molecule has 1 aliphatic rings. The lowest BCUT2D eigenvalue weighted by molar-refractivity contribution is -0.136. The summed E-state index contributed by atoms with van der Waals surface area (Å²) in [6.07, 6.45) is 2.96. The molecule has 0 saturated carbocycles. The van der Waals surface area contributed by atoms with Crippen LogP contribution in [-0.2, 0) is 11.3 Å². The molecule has 5 heteroatoms. The quantitative estimate of drug-likeness (QED) is 0.686. The van der Waals surface area contributed by atoms with Crippen LogP contribution in [-0.4, -0.2) is 29.1 Å². The number of halogens is 1. The van der Waals surface area contributed by atoms with Crippen LogP contribution in [0.15, 0.2) is 51.8 Å². The maximum atomic E-state index is 12.9. The third kappa shape index (κ3) is 3.78. The maximum absolute atomic E-state index is 12.9. The van der Waals surface area contributed by atoms with Crippen molar-refractivity contribution in [3.05, 3.63) is 58.1 Å². The van der Waals surface area contributed by atoms with Crippen molar-refractivity contribution in [3.63, 3.8) is 0 Å². The number of anilines is 1. The summed E-state index contributed by atoms with van der Waals surface area (Å²) in [6, 6.07) is 14.5. The second-order valence-corrected chi connectivity index (χ2v) is 8.39. The Labute approximate surface area is 162 Å². The first kappa shape index (κ1) is 18.5. The maximum Gasteiger partial charge on any atom is 0.244 e. The van der Waals surface area contributed by atoms with E-state index in [9.17, 15) is 4.79 Å². The minimum Gasteiger partial charge on any atom is -0.324 e. The number of nitrogens with zero attached hydrogens (tertiary/aromatic N) is 1. The van der Waals surface area contributed by atoms with Gasteiger partial charge in [-0.15, -0.1) is 11.8 Å². The van der Waals surface area contributed by atoms with Gasteiger partial charge in [-0.3, -0.25) is 9.69 Å². The Bertz CT molecular complexity index is 778. The largest absolute Gasteiger partial charge is 0.324 e. The van der Waals surface area contributed by atoms with Crippen molar-refractivity contribution in [3.8, 4) is 0 Å². The van der Waals surface area contributed by atoms with E-state index in [0.29, 0.717) is 0 Å². The zero-order valence-corrected chi connectivity index (χ0v) is 17.2. The Morgan fingerprint density at radius 2 is 2.00 bits per heavy atom. The lowest BCUT2D eigenvalue weighted by Gasteiger charge is -2.49. The molecule has 2 aromatic rings. The van der Waals surface area contributed by atoms with Crippen LogP contribution in [0.1, 0.15) is 24.5 Å². The molecule has 1 fully saturated rings. The number of carbonyl (C=O) groups is 1. The number of hydrogen-bond acceptors (Lipinski definition) is 3. The second-order valence-electron chi connectivity index (χ2n) is 6.66. The van der Waals surface area contributed by atoms with E-state index >= 15 is 0 Å². The lowest BCUT2D eigenvalue weighted by atomic mass is 9.85. The molecule has 0 spiro atoms. The van der Waals surface area contributed by atoms with Gasteiger partial charge >= 0.3 is 0 Å². The van der Waals surface area contributed by atoms with Gasteiger partial charge in [-0.25, -0.2) is 0 Å². The normalized spacial score (nSPS) is 20.2. The number of nitrogens with one attached hydrogen (secondary N) is 1. The summed E-state index contributed by atoms with van der Waals surface area (Å²) in [4.78, 5) is 16.4. The molecule has 1 heterocycles. The molecule has 1 N–H and O–H groups in total. The third-order valence-corrected chi connectivity index (χ3v) is 6.71. The van der Waals surface area contributed by atoms with Crippen LogP contribution < -0.4 is 5.32 Å². The predicted molar refractivity (Wildman–Crippen MR) is 109 cm³/mol.